The maximum atomic E-state index is 11.9. The van der Waals surface area contributed by atoms with E-state index in [4.69, 9.17) is 0 Å². The van der Waals surface area contributed by atoms with Crippen molar-refractivity contribution in [3.05, 3.63) is 0 Å². The topological polar surface area (TPSA) is 61.4 Å². The van der Waals surface area contributed by atoms with Gasteiger partial charge in [0.25, 0.3) is 0 Å². The summed E-state index contributed by atoms with van der Waals surface area (Å²) in [6.07, 6.45) is 0.449. The molecule has 0 bridgehead atoms. The molecule has 1 heterocycles. The quantitative estimate of drug-likeness (QED) is 0.650. The Bertz CT molecular complexity index is 276. The van der Waals surface area contributed by atoms with Gasteiger partial charge in [-0.1, -0.05) is 6.92 Å². The number of nitrogens with zero attached hydrogens (tertiary/aromatic N) is 1. The molecular formula is C11H21N3O2. The Morgan fingerprint density at radius 1 is 1.56 bits per heavy atom. The molecule has 0 spiro atoms. The highest BCUT2D eigenvalue weighted by molar-refractivity contribution is 5.91. The van der Waals surface area contributed by atoms with E-state index in [2.05, 4.69) is 10.6 Å². The van der Waals surface area contributed by atoms with Crippen LogP contribution in [0.4, 0.5) is 0 Å². The van der Waals surface area contributed by atoms with Crippen LogP contribution in [0.5, 0.6) is 0 Å². The summed E-state index contributed by atoms with van der Waals surface area (Å²) >= 11 is 0. The minimum Gasteiger partial charge on any atom is -0.352 e. The molecule has 0 saturated carbocycles. The number of hydrogen-bond donors (Lipinski definition) is 2. The molecule has 92 valence electrons. The minimum atomic E-state index is -0.721. The highest BCUT2D eigenvalue weighted by atomic mass is 16.2. The number of rotatable bonds is 4. The number of carbonyl (C=O) groups is 2. The van der Waals surface area contributed by atoms with Crippen molar-refractivity contribution in [3.63, 3.8) is 0 Å². The van der Waals surface area contributed by atoms with Gasteiger partial charge in [-0.05, 0) is 20.4 Å². The highest BCUT2D eigenvalue weighted by Crippen LogP contribution is 2.18. The van der Waals surface area contributed by atoms with Crippen molar-refractivity contribution in [3.8, 4) is 0 Å². The van der Waals surface area contributed by atoms with Gasteiger partial charge in [-0.2, -0.15) is 0 Å². The molecule has 2 amide bonds. The van der Waals surface area contributed by atoms with Crippen LogP contribution in [0.15, 0.2) is 0 Å². The number of amides is 2. The second-order valence-corrected chi connectivity index (χ2v) is 4.46. The predicted molar refractivity (Wildman–Crippen MR) is 62.0 cm³/mol. The summed E-state index contributed by atoms with van der Waals surface area (Å²) in [5.41, 5.74) is -0.721. The Balaban J connectivity index is 2.56. The lowest BCUT2D eigenvalue weighted by Gasteiger charge is -2.41. The average Bonchev–Trinajstić information content (AvgIpc) is 2.22. The smallest absolute Gasteiger partial charge is 0.245 e. The SMILES string of the molecule is CCNCCC(=O)N1CCNC(=O)C1(C)C. The van der Waals surface area contributed by atoms with Crippen LogP contribution in [0.25, 0.3) is 0 Å². The van der Waals surface area contributed by atoms with E-state index in [1.54, 1.807) is 18.7 Å². The van der Waals surface area contributed by atoms with E-state index < -0.39 is 5.54 Å². The summed E-state index contributed by atoms with van der Waals surface area (Å²) in [5.74, 6) is -0.0312. The van der Waals surface area contributed by atoms with Crippen LogP contribution >= 0.6 is 0 Å². The van der Waals surface area contributed by atoms with Crippen LogP contribution in [0, 0.1) is 0 Å². The van der Waals surface area contributed by atoms with Crippen molar-refractivity contribution in [1.82, 2.24) is 15.5 Å². The number of hydrogen-bond acceptors (Lipinski definition) is 3. The lowest BCUT2D eigenvalue weighted by Crippen LogP contribution is -2.63. The number of piperazine rings is 1. The average molecular weight is 227 g/mol. The third-order valence-electron chi connectivity index (χ3n) is 2.92. The van der Waals surface area contributed by atoms with Gasteiger partial charge in [0, 0.05) is 26.1 Å². The lowest BCUT2D eigenvalue weighted by atomic mass is 9.98. The summed E-state index contributed by atoms with van der Waals surface area (Å²) in [4.78, 5) is 25.2. The third-order valence-corrected chi connectivity index (χ3v) is 2.92. The van der Waals surface area contributed by atoms with Gasteiger partial charge >= 0.3 is 0 Å². The Morgan fingerprint density at radius 2 is 2.25 bits per heavy atom. The lowest BCUT2D eigenvalue weighted by molar-refractivity contribution is -0.149. The standard InChI is InChI=1S/C11H21N3O2/c1-4-12-6-5-9(15)14-8-7-13-10(16)11(14,2)3/h12H,4-8H2,1-3H3,(H,13,16). The maximum Gasteiger partial charge on any atom is 0.245 e. The molecule has 0 aromatic rings. The largest absolute Gasteiger partial charge is 0.352 e. The van der Waals surface area contributed by atoms with E-state index in [0.29, 0.717) is 26.1 Å². The summed E-state index contributed by atoms with van der Waals surface area (Å²) in [7, 11) is 0. The van der Waals surface area contributed by atoms with Crippen LogP contribution < -0.4 is 10.6 Å². The second kappa shape index (κ2) is 5.30. The molecule has 0 radical (unpaired) electrons. The molecular weight excluding hydrogens is 206 g/mol. The molecule has 1 fully saturated rings. The molecule has 0 unspecified atom stereocenters. The van der Waals surface area contributed by atoms with Crippen molar-refractivity contribution in [1.29, 1.82) is 0 Å². The van der Waals surface area contributed by atoms with E-state index >= 15 is 0 Å². The molecule has 1 aliphatic heterocycles. The fourth-order valence-corrected chi connectivity index (χ4v) is 1.84. The Kier molecular flexibility index (Phi) is 4.29. The first kappa shape index (κ1) is 13.0. The van der Waals surface area contributed by atoms with Crippen LogP contribution in [0.3, 0.4) is 0 Å². The van der Waals surface area contributed by atoms with Gasteiger partial charge in [0.2, 0.25) is 11.8 Å². The highest BCUT2D eigenvalue weighted by Gasteiger charge is 2.39. The van der Waals surface area contributed by atoms with E-state index in [1.807, 2.05) is 6.92 Å². The molecule has 16 heavy (non-hydrogen) atoms. The van der Waals surface area contributed by atoms with Crippen molar-refractivity contribution >= 4 is 11.8 Å². The maximum absolute atomic E-state index is 11.9. The van der Waals surface area contributed by atoms with Crippen molar-refractivity contribution in [2.75, 3.05) is 26.2 Å². The molecule has 5 heteroatoms. The molecule has 0 atom stereocenters. The monoisotopic (exact) mass is 227 g/mol. The molecule has 0 aromatic carbocycles. The van der Waals surface area contributed by atoms with Gasteiger partial charge in [0.15, 0.2) is 0 Å². The summed E-state index contributed by atoms with van der Waals surface area (Å²) in [6, 6.07) is 0. The number of nitrogens with one attached hydrogen (secondary N) is 2. The molecule has 0 aromatic heterocycles. The van der Waals surface area contributed by atoms with Gasteiger partial charge in [-0.3, -0.25) is 9.59 Å². The zero-order chi connectivity index (χ0) is 12.2. The molecule has 2 N–H and O–H groups in total. The predicted octanol–water partition coefficient (Wildman–Crippen LogP) is -0.277. The van der Waals surface area contributed by atoms with Crippen LogP contribution in [-0.4, -0.2) is 48.4 Å². The zero-order valence-electron chi connectivity index (χ0n) is 10.3. The van der Waals surface area contributed by atoms with Gasteiger partial charge in [-0.15, -0.1) is 0 Å². The molecule has 5 nitrogen and oxygen atoms in total. The fourth-order valence-electron chi connectivity index (χ4n) is 1.84. The molecule has 1 rings (SSSR count). The summed E-state index contributed by atoms with van der Waals surface area (Å²) in [6.45, 7) is 8.25. The zero-order valence-corrected chi connectivity index (χ0v) is 10.3. The van der Waals surface area contributed by atoms with Crippen molar-refractivity contribution in [2.45, 2.75) is 32.7 Å². The first-order chi connectivity index (χ1) is 7.50. The number of carbonyl (C=O) groups excluding carboxylic acids is 2. The molecule has 1 aliphatic rings. The first-order valence-corrected chi connectivity index (χ1v) is 5.79. The van der Waals surface area contributed by atoms with E-state index in [-0.39, 0.29) is 11.8 Å². The van der Waals surface area contributed by atoms with Crippen molar-refractivity contribution < 1.29 is 9.59 Å². The Morgan fingerprint density at radius 3 is 2.88 bits per heavy atom. The van der Waals surface area contributed by atoms with Crippen LogP contribution in [0.2, 0.25) is 0 Å². The summed E-state index contributed by atoms with van der Waals surface area (Å²) < 4.78 is 0. The van der Waals surface area contributed by atoms with Crippen molar-refractivity contribution in [2.24, 2.45) is 0 Å². The second-order valence-electron chi connectivity index (χ2n) is 4.46. The van der Waals surface area contributed by atoms with E-state index in [1.165, 1.54) is 0 Å². The third kappa shape index (κ3) is 2.72. The molecule has 1 saturated heterocycles. The normalized spacial score (nSPS) is 19.4. The summed E-state index contributed by atoms with van der Waals surface area (Å²) in [5, 5.41) is 5.88. The van der Waals surface area contributed by atoms with Gasteiger partial charge < -0.3 is 15.5 Å². The molecule has 0 aliphatic carbocycles. The van der Waals surface area contributed by atoms with Gasteiger partial charge in [0.05, 0.1) is 0 Å². The Hall–Kier alpha value is -1.10. The minimum absolute atomic E-state index is 0.0424. The fraction of sp³-hybridized carbons (Fsp3) is 0.818. The first-order valence-electron chi connectivity index (χ1n) is 5.79. The van der Waals surface area contributed by atoms with Gasteiger partial charge in [-0.25, -0.2) is 0 Å². The van der Waals surface area contributed by atoms with E-state index in [0.717, 1.165) is 6.54 Å². The van der Waals surface area contributed by atoms with Crippen LogP contribution in [0.1, 0.15) is 27.2 Å². The van der Waals surface area contributed by atoms with E-state index in [9.17, 15) is 9.59 Å². The van der Waals surface area contributed by atoms with Crippen LogP contribution in [-0.2, 0) is 9.59 Å². The van der Waals surface area contributed by atoms with Gasteiger partial charge in [0.1, 0.15) is 5.54 Å². The Labute approximate surface area is 96.6 Å².